The largest absolute Gasteiger partial charge is 0.508 e. The van der Waals surface area contributed by atoms with Gasteiger partial charge in [0.25, 0.3) is 0 Å². The zero-order valence-electron chi connectivity index (χ0n) is 13.2. The summed E-state index contributed by atoms with van der Waals surface area (Å²) in [7, 11) is 0. The van der Waals surface area contributed by atoms with Gasteiger partial charge in [0.05, 0.1) is 12.3 Å². The first kappa shape index (κ1) is 15.9. The lowest BCUT2D eigenvalue weighted by Gasteiger charge is -2.26. The molecule has 1 aromatic heterocycles. The van der Waals surface area contributed by atoms with E-state index in [1.165, 1.54) is 6.07 Å². The number of phenols is 1. The van der Waals surface area contributed by atoms with Crippen LogP contribution in [0, 0.1) is 6.92 Å². The number of imidazole rings is 1. The lowest BCUT2D eigenvalue weighted by atomic mass is 9.86. The number of fused-ring (bicyclic) bond motifs is 1. The summed E-state index contributed by atoms with van der Waals surface area (Å²) in [6.45, 7) is 3.56. The first-order valence-corrected chi connectivity index (χ1v) is 7.53. The number of carbonyl (C=O) groups is 2. The second-order valence-electron chi connectivity index (χ2n) is 5.62. The standard InChI is InChI=1S/C16H17N3O5/c1-3-24-15(22)14-13(18-16(23)19-14)9-5-12(21)17-10-6-11(20)7(2)4-8(9)10/h4,6,9,20H,3,5H2,1-2H3,(H,17,21)(H2,18,19,23). The van der Waals surface area contributed by atoms with E-state index in [1.807, 2.05) is 0 Å². The zero-order chi connectivity index (χ0) is 17.4. The van der Waals surface area contributed by atoms with Gasteiger partial charge in [0.2, 0.25) is 5.91 Å². The SMILES string of the molecule is CCOC(=O)c1[nH]c(=O)[nH]c1C1CC(=O)Nc2cc(O)c(C)cc21. The predicted molar refractivity (Wildman–Crippen MR) is 85.3 cm³/mol. The summed E-state index contributed by atoms with van der Waals surface area (Å²) >= 11 is 0. The van der Waals surface area contributed by atoms with Crippen LogP contribution in [-0.2, 0) is 9.53 Å². The zero-order valence-corrected chi connectivity index (χ0v) is 13.2. The van der Waals surface area contributed by atoms with Gasteiger partial charge in [-0.1, -0.05) is 0 Å². The van der Waals surface area contributed by atoms with Crippen molar-refractivity contribution in [3.05, 3.63) is 45.1 Å². The molecular formula is C16H17N3O5. The molecule has 3 rings (SSSR count). The van der Waals surface area contributed by atoms with Crippen molar-refractivity contribution in [2.45, 2.75) is 26.2 Å². The van der Waals surface area contributed by atoms with Crippen LogP contribution in [0.4, 0.5) is 5.69 Å². The van der Waals surface area contributed by atoms with Gasteiger partial charge in [-0.3, -0.25) is 9.78 Å². The van der Waals surface area contributed by atoms with E-state index < -0.39 is 17.6 Å². The maximum absolute atomic E-state index is 12.1. The molecule has 2 heterocycles. The van der Waals surface area contributed by atoms with Crippen LogP contribution in [0.25, 0.3) is 0 Å². The molecule has 2 aromatic rings. The van der Waals surface area contributed by atoms with E-state index in [4.69, 9.17) is 4.74 Å². The highest BCUT2D eigenvalue weighted by Gasteiger charge is 2.32. The Kier molecular flexibility index (Phi) is 3.88. The van der Waals surface area contributed by atoms with Crippen molar-refractivity contribution in [2.75, 3.05) is 11.9 Å². The van der Waals surface area contributed by atoms with Crippen LogP contribution < -0.4 is 11.0 Å². The minimum absolute atomic E-state index is 0.0122. The van der Waals surface area contributed by atoms with E-state index in [9.17, 15) is 19.5 Å². The fourth-order valence-corrected chi connectivity index (χ4v) is 2.89. The van der Waals surface area contributed by atoms with Crippen molar-refractivity contribution >= 4 is 17.6 Å². The summed E-state index contributed by atoms with van der Waals surface area (Å²) in [5, 5.41) is 12.5. The lowest BCUT2D eigenvalue weighted by molar-refractivity contribution is -0.116. The average molecular weight is 331 g/mol. The molecule has 0 radical (unpaired) electrons. The predicted octanol–water partition coefficient (Wildman–Crippen LogP) is 1.37. The summed E-state index contributed by atoms with van der Waals surface area (Å²) in [5.41, 5.74) is 1.57. The maximum atomic E-state index is 12.1. The van der Waals surface area contributed by atoms with Crippen molar-refractivity contribution in [1.82, 2.24) is 9.97 Å². The molecule has 0 saturated carbocycles. The highest BCUT2D eigenvalue weighted by atomic mass is 16.5. The number of amides is 1. The van der Waals surface area contributed by atoms with E-state index in [2.05, 4.69) is 15.3 Å². The quantitative estimate of drug-likeness (QED) is 0.632. The van der Waals surface area contributed by atoms with Crippen molar-refractivity contribution in [3.63, 3.8) is 0 Å². The number of aromatic hydroxyl groups is 1. The number of carbonyl (C=O) groups excluding carboxylic acids is 2. The topological polar surface area (TPSA) is 124 Å². The first-order chi connectivity index (χ1) is 11.4. The summed E-state index contributed by atoms with van der Waals surface area (Å²) in [5.74, 6) is -1.39. The second kappa shape index (κ2) is 5.88. The smallest absolute Gasteiger partial charge is 0.356 e. The highest BCUT2D eigenvalue weighted by Crippen LogP contribution is 2.40. The van der Waals surface area contributed by atoms with E-state index in [-0.39, 0.29) is 30.4 Å². The summed E-state index contributed by atoms with van der Waals surface area (Å²) < 4.78 is 4.96. The summed E-state index contributed by atoms with van der Waals surface area (Å²) in [4.78, 5) is 40.8. The van der Waals surface area contributed by atoms with Gasteiger partial charge in [-0.25, -0.2) is 9.59 Å². The number of H-pyrrole nitrogens is 2. The fourth-order valence-electron chi connectivity index (χ4n) is 2.89. The number of aromatic nitrogens is 2. The van der Waals surface area contributed by atoms with Crippen LogP contribution in [-0.4, -0.2) is 33.6 Å². The lowest BCUT2D eigenvalue weighted by Crippen LogP contribution is -2.25. The molecule has 24 heavy (non-hydrogen) atoms. The van der Waals surface area contributed by atoms with Crippen LogP contribution in [0.5, 0.6) is 5.75 Å². The Morgan fingerprint density at radius 3 is 2.79 bits per heavy atom. The van der Waals surface area contributed by atoms with Gasteiger partial charge in [-0.05, 0) is 31.0 Å². The fraction of sp³-hybridized carbons (Fsp3) is 0.312. The molecule has 126 valence electrons. The number of aryl methyl sites for hydroxylation is 1. The Morgan fingerprint density at radius 1 is 1.33 bits per heavy atom. The molecule has 1 atom stereocenters. The van der Waals surface area contributed by atoms with Gasteiger partial charge in [0.15, 0.2) is 0 Å². The monoisotopic (exact) mass is 331 g/mol. The third-order valence-corrected chi connectivity index (χ3v) is 3.99. The van der Waals surface area contributed by atoms with Crippen molar-refractivity contribution in [1.29, 1.82) is 0 Å². The van der Waals surface area contributed by atoms with Gasteiger partial charge in [-0.15, -0.1) is 0 Å². The number of phenolic OH excluding ortho intramolecular Hbond substituents is 1. The molecule has 1 amide bonds. The molecule has 1 aliphatic heterocycles. The summed E-state index contributed by atoms with van der Waals surface area (Å²) in [6.07, 6.45) is 0.0669. The molecule has 8 nitrogen and oxygen atoms in total. The summed E-state index contributed by atoms with van der Waals surface area (Å²) in [6, 6.07) is 3.19. The molecule has 0 aliphatic carbocycles. The molecule has 0 bridgehead atoms. The van der Waals surface area contributed by atoms with E-state index in [0.29, 0.717) is 22.5 Å². The molecule has 1 unspecified atom stereocenters. The third-order valence-electron chi connectivity index (χ3n) is 3.99. The van der Waals surface area contributed by atoms with Crippen LogP contribution in [0.3, 0.4) is 0 Å². The van der Waals surface area contributed by atoms with E-state index >= 15 is 0 Å². The Hall–Kier alpha value is -3.03. The van der Waals surface area contributed by atoms with E-state index in [1.54, 1.807) is 19.9 Å². The number of hydrogen-bond acceptors (Lipinski definition) is 5. The van der Waals surface area contributed by atoms with Crippen molar-refractivity contribution in [2.24, 2.45) is 0 Å². The normalized spacial score (nSPS) is 16.4. The van der Waals surface area contributed by atoms with Crippen LogP contribution in [0.2, 0.25) is 0 Å². The number of ether oxygens (including phenoxy) is 1. The van der Waals surface area contributed by atoms with Gasteiger partial charge >= 0.3 is 11.7 Å². The second-order valence-corrected chi connectivity index (χ2v) is 5.62. The molecule has 0 fully saturated rings. The average Bonchev–Trinajstić information content (AvgIpc) is 2.90. The molecule has 8 heteroatoms. The first-order valence-electron chi connectivity index (χ1n) is 7.53. The van der Waals surface area contributed by atoms with Gasteiger partial charge < -0.3 is 20.1 Å². The minimum atomic E-state index is -0.658. The molecule has 4 N–H and O–H groups in total. The number of esters is 1. The van der Waals surface area contributed by atoms with E-state index in [0.717, 1.165) is 0 Å². The molecule has 0 spiro atoms. The minimum Gasteiger partial charge on any atom is -0.508 e. The van der Waals surface area contributed by atoms with Crippen LogP contribution >= 0.6 is 0 Å². The van der Waals surface area contributed by atoms with Gasteiger partial charge in [0.1, 0.15) is 11.4 Å². The van der Waals surface area contributed by atoms with Gasteiger partial charge in [-0.2, -0.15) is 0 Å². The Bertz CT molecular complexity index is 880. The molecule has 1 aliphatic rings. The van der Waals surface area contributed by atoms with Crippen molar-refractivity contribution < 1.29 is 19.4 Å². The number of nitrogens with one attached hydrogen (secondary N) is 3. The highest BCUT2D eigenvalue weighted by molar-refractivity contribution is 5.96. The maximum Gasteiger partial charge on any atom is 0.356 e. The number of anilines is 1. The van der Waals surface area contributed by atoms with Gasteiger partial charge in [0, 0.05) is 24.1 Å². The Morgan fingerprint density at radius 2 is 2.08 bits per heavy atom. The van der Waals surface area contributed by atoms with Crippen LogP contribution in [0.1, 0.15) is 46.6 Å². The third kappa shape index (κ3) is 2.66. The molecule has 1 aromatic carbocycles. The van der Waals surface area contributed by atoms with Crippen LogP contribution in [0.15, 0.2) is 16.9 Å². The number of hydrogen-bond donors (Lipinski definition) is 4. The number of benzene rings is 1. The number of aromatic amines is 2. The molecular weight excluding hydrogens is 314 g/mol. The Labute approximate surface area is 136 Å². The Balaban J connectivity index is 2.15. The molecule has 0 saturated heterocycles. The van der Waals surface area contributed by atoms with Crippen molar-refractivity contribution in [3.8, 4) is 5.75 Å². The number of rotatable bonds is 3.